The number of alkyl halides is 6. The van der Waals surface area contributed by atoms with Gasteiger partial charge in [0.05, 0.1) is 11.4 Å². The fourth-order valence-electron chi connectivity index (χ4n) is 3.75. The van der Waals surface area contributed by atoms with Gasteiger partial charge in [0.25, 0.3) is 0 Å². The molecule has 2 aromatic carbocycles. The number of hydrogen-bond acceptors (Lipinski definition) is 6. The van der Waals surface area contributed by atoms with E-state index in [4.69, 9.17) is 92.8 Å². The summed E-state index contributed by atoms with van der Waals surface area (Å²) in [4.78, 5) is 26.9. The van der Waals surface area contributed by atoms with Crippen LogP contribution in [0.4, 0.5) is 0 Å². The van der Waals surface area contributed by atoms with Crippen LogP contribution in [0.2, 0.25) is 10.0 Å². The van der Waals surface area contributed by atoms with E-state index in [9.17, 15) is 19.8 Å². The molecule has 4 rings (SSSR count). The van der Waals surface area contributed by atoms with Gasteiger partial charge in [0.1, 0.15) is 0 Å². The van der Waals surface area contributed by atoms with Gasteiger partial charge in [-0.2, -0.15) is 20.2 Å². The van der Waals surface area contributed by atoms with E-state index in [1.807, 2.05) is 0 Å². The lowest BCUT2D eigenvalue weighted by atomic mass is 10.0. The Labute approximate surface area is 256 Å². The standard InChI is InChI=1S/C22H14Cl8N4O4/c23-13-5-1-11(2-6-13)15-9-19(37,21(25,26)27)33(31-15)17(35)18(36)34-20(38,22(28,29)30)10-16(32-34)12-3-7-14(24)8-4-12/h1-8,37-38H,9-10H2. The van der Waals surface area contributed by atoms with Crippen molar-refractivity contribution in [3.8, 4) is 0 Å². The van der Waals surface area contributed by atoms with E-state index in [1.165, 1.54) is 0 Å². The number of aliphatic hydroxyl groups is 2. The normalized spacial score (nSPS) is 23.9. The summed E-state index contributed by atoms with van der Waals surface area (Å²) in [6.07, 6.45) is -0.948. The first kappa shape index (κ1) is 29.9. The minimum atomic E-state index is -2.61. The van der Waals surface area contributed by atoms with E-state index in [2.05, 4.69) is 10.2 Å². The second kappa shape index (κ2) is 10.4. The van der Waals surface area contributed by atoms with Crippen LogP contribution < -0.4 is 0 Å². The van der Waals surface area contributed by atoms with Crippen molar-refractivity contribution in [1.82, 2.24) is 10.0 Å². The third kappa shape index (κ3) is 5.33. The Kier molecular flexibility index (Phi) is 8.20. The minimum absolute atomic E-state index is 0.0973. The number of hydrazone groups is 2. The molecular weight excluding hydrogens is 668 g/mol. The number of benzene rings is 2. The SMILES string of the molecule is O=C(C(=O)N1N=C(c2ccc(Cl)cc2)CC1(O)C(Cl)(Cl)Cl)N1N=C(c2ccc(Cl)cc2)CC1(O)C(Cl)(Cl)Cl. The van der Waals surface area contributed by atoms with Gasteiger partial charge in [0.15, 0.2) is 0 Å². The van der Waals surface area contributed by atoms with Gasteiger partial charge in [-0.05, 0) is 35.4 Å². The first-order chi connectivity index (χ1) is 17.5. The quantitative estimate of drug-likeness (QED) is 0.314. The van der Waals surface area contributed by atoms with Crippen LogP contribution in [0, 0.1) is 0 Å². The van der Waals surface area contributed by atoms with Crippen LogP contribution >= 0.6 is 92.8 Å². The molecule has 0 saturated carbocycles. The largest absolute Gasteiger partial charge is 0.365 e. The van der Waals surface area contributed by atoms with Crippen molar-refractivity contribution in [2.24, 2.45) is 10.2 Å². The summed E-state index contributed by atoms with van der Waals surface area (Å²) in [5.74, 6) is -3.06. The van der Waals surface area contributed by atoms with Crippen LogP contribution in [0.3, 0.4) is 0 Å². The van der Waals surface area contributed by atoms with Gasteiger partial charge in [-0.1, -0.05) is 117 Å². The first-order valence-corrected chi connectivity index (χ1v) is 13.4. The molecule has 0 saturated heterocycles. The molecule has 2 amide bonds. The van der Waals surface area contributed by atoms with Crippen molar-refractivity contribution in [1.29, 1.82) is 0 Å². The van der Waals surface area contributed by atoms with Crippen LogP contribution in [-0.4, -0.2) is 62.5 Å². The lowest BCUT2D eigenvalue weighted by Gasteiger charge is -2.39. The van der Waals surface area contributed by atoms with E-state index in [0.717, 1.165) is 0 Å². The third-order valence-corrected chi connectivity index (χ3v) is 8.12. The van der Waals surface area contributed by atoms with Gasteiger partial charge in [-0.25, -0.2) is 0 Å². The highest BCUT2D eigenvalue weighted by molar-refractivity contribution is 6.69. The van der Waals surface area contributed by atoms with E-state index in [0.29, 0.717) is 31.2 Å². The molecule has 2 aliphatic rings. The molecule has 2 aliphatic heterocycles. The zero-order chi connectivity index (χ0) is 28.3. The second-order valence-electron chi connectivity index (χ2n) is 8.32. The van der Waals surface area contributed by atoms with Gasteiger partial charge in [-0.15, -0.1) is 0 Å². The monoisotopic (exact) mass is 678 g/mol. The summed E-state index contributed by atoms with van der Waals surface area (Å²) >= 11 is 48.0. The molecule has 2 atom stereocenters. The maximum Gasteiger partial charge on any atom is 0.336 e. The molecule has 2 N–H and O–H groups in total. The van der Waals surface area contributed by atoms with Crippen molar-refractivity contribution < 1.29 is 19.8 Å². The Hall–Kier alpha value is -1.04. The molecular formula is C22H14Cl8N4O4. The summed E-state index contributed by atoms with van der Waals surface area (Å²) in [5, 5.41) is 32.1. The fourth-order valence-corrected chi connectivity index (χ4v) is 4.88. The number of nitrogens with zero attached hydrogens (tertiary/aromatic N) is 4. The molecule has 8 nitrogen and oxygen atoms in total. The van der Waals surface area contributed by atoms with Crippen LogP contribution in [-0.2, 0) is 9.59 Å². The number of hydrogen-bond donors (Lipinski definition) is 2. The smallest absolute Gasteiger partial charge is 0.336 e. The Morgan fingerprint density at radius 3 is 1.21 bits per heavy atom. The Balaban J connectivity index is 1.76. The lowest BCUT2D eigenvalue weighted by Crippen LogP contribution is -2.62. The lowest BCUT2D eigenvalue weighted by molar-refractivity contribution is -0.177. The fraction of sp³-hybridized carbons (Fsp3) is 0.273. The Bertz CT molecular complexity index is 1240. The highest BCUT2D eigenvalue weighted by atomic mass is 35.6. The van der Waals surface area contributed by atoms with E-state index in [1.54, 1.807) is 48.5 Å². The summed E-state index contributed by atoms with van der Waals surface area (Å²) in [7, 11) is 0. The topological polar surface area (TPSA) is 106 Å². The molecule has 0 aliphatic carbocycles. The number of carbonyl (C=O) groups excluding carboxylic acids is 2. The number of rotatable bonds is 2. The Morgan fingerprint density at radius 1 is 0.658 bits per heavy atom. The van der Waals surface area contributed by atoms with Gasteiger partial charge < -0.3 is 10.2 Å². The molecule has 2 unspecified atom stereocenters. The molecule has 16 heteroatoms. The average molecular weight is 682 g/mol. The predicted octanol–water partition coefficient (Wildman–Crippen LogP) is 5.68. The van der Waals surface area contributed by atoms with Crippen LogP contribution in [0.25, 0.3) is 0 Å². The van der Waals surface area contributed by atoms with Crippen molar-refractivity contribution in [3.05, 3.63) is 69.7 Å². The zero-order valence-electron chi connectivity index (χ0n) is 18.6. The highest BCUT2D eigenvalue weighted by Crippen LogP contribution is 2.49. The molecule has 38 heavy (non-hydrogen) atoms. The molecule has 202 valence electrons. The summed E-state index contributed by atoms with van der Waals surface area (Å²) < 4.78 is -5.07. The van der Waals surface area contributed by atoms with Gasteiger partial charge in [0.2, 0.25) is 19.0 Å². The van der Waals surface area contributed by atoms with Crippen molar-refractivity contribution >= 4 is 116 Å². The second-order valence-corrected chi connectivity index (χ2v) is 13.8. The molecule has 0 bridgehead atoms. The van der Waals surface area contributed by atoms with Crippen molar-refractivity contribution in [2.75, 3.05) is 0 Å². The molecule has 2 heterocycles. The van der Waals surface area contributed by atoms with Gasteiger partial charge in [0, 0.05) is 22.9 Å². The van der Waals surface area contributed by atoms with E-state index >= 15 is 0 Å². The van der Waals surface area contributed by atoms with E-state index < -0.39 is 43.7 Å². The van der Waals surface area contributed by atoms with Crippen molar-refractivity contribution in [3.63, 3.8) is 0 Å². The van der Waals surface area contributed by atoms with Gasteiger partial charge >= 0.3 is 11.8 Å². The third-order valence-electron chi connectivity index (χ3n) is 5.80. The predicted molar refractivity (Wildman–Crippen MR) is 149 cm³/mol. The first-order valence-electron chi connectivity index (χ1n) is 10.4. The maximum atomic E-state index is 13.5. The van der Waals surface area contributed by atoms with Gasteiger partial charge in [-0.3, -0.25) is 9.59 Å². The van der Waals surface area contributed by atoms with Crippen LogP contribution in [0.1, 0.15) is 24.0 Å². The average Bonchev–Trinajstić information content (AvgIpc) is 3.38. The summed E-state index contributed by atoms with van der Waals surface area (Å²) in [6.45, 7) is 0. The number of halogens is 8. The molecule has 0 radical (unpaired) electrons. The Morgan fingerprint density at radius 2 is 0.947 bits per heavy atom. The zero-order valence-corrected chi connectivity index (χ0v) is 24.6. The van der Waals surface area contributed by atoms with E-state index in [-0.39, 0.29) is 11.4 Å². The minimum Gasteiger partial charge on any atom is -0.365 e. The van der Waals surface area contributed by atoms with Crippen LogP contribution in [0.15, 0.2) is 58.7 Å². The summed E-state index contributed by atoms with van der Waals surface area (Å²) in [5.41, 5.74) is -4.18. The van der Waals surface area contributed by atoms with Crippen LogP contribution in [0.5, 0.6) is 0 Å². The van der Waals surface area contributed by atoms with Crippen molar-refractivity contribution in [2.45, 2.75) is 31.9 Å². The number of amides is 2. The highest BCUT2D eigenvalue weighted by Gasteiger charge is 2.63. The summed E-state index contributed by atoms with van der Waals surface area (Å²) in [6, 6.07) is 12.4. The molecule has 0 spiro atoms. The molecule has 2 aromatic rings. The maximum absolute atomic E-state index is 13.5. The number of carbonyl (C=O) groups is 2. The molecule has 0 fully saturated rings. The molecule has 0 aromatic heterocycles.